The number of sulfonamides is 1. The molecule has 2 aliphatic rings. The molecule has 0 saturated carbocycles. The summed E-state index contributed by atoms with van der Waals surface area (Å²) in [5.74, 6) is 1.62. The Kier molecular flexibility index (Phi) is 7.40. The third kappa shape index (κ3) is 6.10. The number of anilines is 1. The second-order valence-corrected chi connectivity index (χ2v) is 10.8. The monoisotopic (exact) mass is 543 g/mol. The van der Waals surface area contributed by atoms with E-state index >= 15 is 0 Å². The smallest absolute Gasteiger partial charge is 0.261 e. The van der Waals surface area contributed by atoms with Crippen molar-refractivity contribution in [1.82, 2.24) is 9.80 Å². The van der Waals surface area contributed by atoms with E-state index < -0.39 is 10.0 Å². The SMILES string of the molecule is O=C(COc1ccc(S(=O)(=O)Nc2ccccc2)cc1Cl)N1CCN(Cc2ccc3c(c2)OCO3)CC1. The van der Waals surface area contributed by atoms with E-state index in [1.807, 2.05) is 18.2 Å². The van der Waals surface area contributed by atoms with E-state index in [1.165, 1.54) is 18.2 Å². The van der Waals surface area contributed by atoms with Gasteiger partial charge in [-0.3, -0.25) is 14.4 Å². The molecule has 0 bridgehead atoms. The molecule has 3 aromatic rings. The summed E-state index contributed by atoms with van der Waals surface area (Å²) in [5.41, 5.74) is 1.58. The minimum absolute atomic E-state index is 0.00129. The van der Waals surface area contributed by atoms with Crippen LogP contribution in [0.2, 0.25) is 5.02 Å². The lowest BCUT2D eigenvalue weighted by Crippen LogP contribution is -2.49. The van der Waals surface area contributed by atoms with Gasteiger partial charge in [0.05, 0.1) is 9.92 Å². The van der Waals surface area contributed by atoms with Crippen LogP contribution in [0.5, 0.6) is 17.2 Å². The molecular weight excluding hydrogens is 518 g/mol. The van der Waals surface area contributed by atoms with E-state index in [4.69, 9.17) is 25.8 Å². The van der Waals surface area contributed by atoms with Gasteiger partial charge in [-0.15, -0.1) is 0 Å². The fraction of sp³-hybridized carbons (Fsp3) is 0.269. The van der Waals surface area contributed by atoms with Gasteiger partial charge in [0.2, 0.25) is 6.79 Å². The van der Waals surface area contributed by atoms with Crippen LogP contribution >= 0.6 is 11.6 Å². The maximum atomic E-state index is 12.7. The minimum Gasteiger partial charge on any atom is -0.482 e. The molecule has 194 valence electrons. The van der Waals surface area contributed by atoms with Crippen molar-refractivity contribution >= 4 is 33.2 Å². The van der Waals surface area contributed by atoms with Crippen LogP contribution in [0.1, 0.15) is 5.56 Å². The zero-order valence-electron chi connectivity index (χ0n) is 19.9. The number of ether oxygens (including phenoxy) is 3. The van der Waals surface area contributed by atoms with Gasteiger partial charge in [-0.2, -0.15) is 0 Å². The summed E-state index contributed by atoms with van der Waals surface area (Å²) < 4.78 is 44.2. The van der Waals surface area contributed by atoms with Crippen molar-refractivity contribution in [2.45, 2.75) is 11.4 Å². The number of fused-ring (bicyclic) bond motifs is 1. The summed E-state index contributed by atoms with van der Waals surface area (Å²) in [5, 5.41) is 0.109. The number of carbonyl (C=O) groups excluding carboxylic acids is 1. The Balaban J connectivity index is 1.11. The van der Waals surface area contributed by atoms with Crippen LogP contribution in [0.4, 0.5) is 5.69 Å². The Bertz CT molecular complexity index is 1380. The number of amides is 1. The molecule has 0 aromatic heterocycles. The number of hydrogen-bond acceptors (Lipinski definition) is 7. The average Bonchev–Trinajstić information content (AvgIpc) is 3.36. The van der Waals surface area contributed by atoms with Gasteiger partial charge < -0.3 is 19.1 Å². The first kappa shape index (κ1) is 25.2. The zero-order chi connectivity index (χ0) is 25.8. The average molecular weight is 544 g/mol. The van der Waals surface area contributed by atoms with E-state index in [2.05, 4.69) is 9.62 Å². The Labute approximate surface area is 220 Å². The standard InChI is InChI=1S/C26H26ClN3O6S/c27-22-15-21(37(32,33)28-20-4-2-1-3-5-20)7-9-23(22)34-17-26(31)30-12-10-29(11-13-30)16-19-6-8-24-25(14-19)36-18-35-24/h1-9,14-15,28H,10-13,16-18H2. The number of nitrogens with one attached hydrogen (secondary N) is 1. The highest BCUT2D eigenvalue weighted by atomic mass is 35.5. The largest absolute Gasteiger partial charge is 0.482 e. The van der Waals surface area contributed by atoms with Gasteiger partial charge in [-0.1, -0.05) is 35.9 Å². The molecule has 11 heteroatoms. The Hall–Kier alpha value is -3.47. The van der Waals surface area contributed by atoms with Crippen molar-refractivity contribution in [3.63, 3.8) is 0 Å². The number of para-hydroxylation sites is 1. The van der Waals surface area contributed by atoms with Gasteiger partial charge in [-0.05, 0) is 48.0 Å². The third-order valence-electron chi connectivity index (χ3n) is 6.16. The molecule has 2 aliphatic heterocycles. The number of rotatable bonds is 8. The van der Waals surface area contributed by atoms with Crippen LogP contribution in [0.3, 0.4) is 0 Å². The molecule has 1 amide bonds. The maximum absolute atomic E-state index is 12.7. The van der Waals surface area contributed by atoms with E-state index in [9.17, 15) is 13.2 Å². The zero-order valence-corrected chi connectivity index (χ0v) is 21.5. The van der Waals surface area contributed by atoms with E-state index in [0.717, 1.165) is 36.7 Å². The highest BCUT2D eigenvalue weighted by Gasteiger charge is 2.23. The van der Waals surface area contributed by atoms with Crippen molar-refractivity contribution < 1.29 is 27.4 Å². The predicted octanol–water partition coefficient (Wildman–Crippen LogP) is 3.59. The van der Waals surface area contributed by atoms with E-state index in [1.54, 1.807) is 35.2 Å². The number of benzene rings is 3. The number of halogens is 1. The first-order valence-corrected chi connectivity index (χ1v) is 13.6. The molecule has 2 heterocycles. The summed E-state index contributed by atoms with van der Waals surface area (Å²) in [6, 6.07) is 18.7. The van der Waals surface area contributed by atoms with Crippen LogP contribution in [0, 0.1) is 0 Å². The number of piperazine rings is 1. The first-order valence-electron chi connectivity index (χ1n) is 11.8. The Morgan fingerprint density at radius 3 is 2.46 bits per heavy atom. The summed E-state index contributed by atoms with van der Waals surface area (Å²) in [4.78, 5) is 16.7. The van der Waals surface area contributed by atoms with E-state index in [-0.39, 0.29) is 35.0 Å². The summed E-state index contributed by atoms with van der Waals surface area (Å²) in [7, 11) is -3.82. The second-order valence-electron chi connectivity index (χ2n) is 8.70. The third-order valence-corrected chi connectivity index (χ3v) is 7.83. The van der Waals surface area contributed by atoms with Gasteiger partial charge in [0.1, 0.15) is 5.75 Å². The van der Waals surface area contributed by atoms with E-state index in [0.29, 0.717) is 18.8 Å². The van der Waals surface area contributed by atoms with Crippen molar-refractivity contribution in [3.8, 4) is 17.2 Å². The molecule has 5 rings (SSSR count). The fourth-order valence-electron chi connectivity index (χ4n) is 4.17. The van der Waals surface area contributed by atoms with Crippen molar-refractivity contribution in [2.24, 2.45) is 0 Å². The molecule has 0 radical (unpaired) electrons. The first-order chi connectivity index (χ1) is 17.9. The van der Waals surface area contributed by atoms with Gasteiger partial charge in [0, 0.05) is 38.4 Å². The highest BCUT2D eigenvalue weighted by Crippen LogP contribution is 2.33. The molecular formula is C26H26ClN3O6S. The Morgan fingerprint density at radius 1 is 0.946 bits per heavy atom. The van der Waals surface area contributed by atoms with Crippen LogP contribution in [0.25, 0.3) is 0 Å². The lowest BCUT2D eigenvalue weighted by atomic mass is 10.1. The van der Waals surface area contributed by atoms with Crippen LogP contribution in [0.15, 0.2) is 71.6 Å². The summed E-state index contributed by atoms with van der Waals surface area (Å²) in [6.07, 6.45) is 0. The fourth-order valence-corrected chi connectivity index (χ4v) is 5.55. The van der Waals surface area contributed by atoms with Crippen LogP contribution < -0.4 is 18.9 Å². The van der Waals surface area contributed by atoms with Crippen LogP contribution in [-0.2, 0) is 21.4 Å². The maximum Gasteiger partial charge on any atom is 0.261 e. The van der Waals surface area contributed by atoms with Crippen molar-refractivity contribution in [3.05, 3.63) is 77.3 Å². The molecule has 1 saturated heterocycles. The van der Waals surface area contributed by atoms with Crippen LogP contribution in [-0.4, -0.2) is 63.7 Å². The molecule has 9 nitrogen and oxygen atoms in total. The molecule has 3 aromatic carbocycles. The van der Waals surface area contributed by atoms with Crippen molar-refractivity contribution in [1.29, 1.82) is 0 Å². The topological polar surface area (TPSA) is 97.4 Å². The molecule has 0 spiro atoms. The normalized spacial score (nSPS) is 15.4. The van der Waals surface area contributed by atoms with Gasteiger partial charge >= 0.3 is 0 Å². The van der Waals surface area contributed by atoms with Gasteiger partial charge in [0.25, 0.3) is 15.9 Å². The summed E-state index contributed by atoms with van der Waals surface area (Å²) >= 11 is 6.27. The number of nitrogens with zero attached hydrogens (tertiary/aromatic N) is 2. The quantitative estimate of drug-likeness (QED) is 0.463. The summed E-state index contributed by atoms with van der Waals surface area (Å²) in [6.45, 7) is 3.48. The number of carbonyl (C=O) groups is 1. The molecule has 1 fully saturated rings. The Morgan fingerprint density at radius 2 is 1.70 bits per heavy atom. The molecule has 0 aliphatic carbocycles. The minimum atomic E-state index is -3.82. The van der Waals surface area contributed by atoms with Gasteiger partial charge in [-0.25, -0.2) is 8.42 Å². The van der Waals surface area contributed by atoms with Crippen molar-refractivity contribution in [2.75, 3.05) is 44.3 Å². The highest BCUT2D eigenvalue weighted by molar-refractivity contribution is 7.92. The number of hydrogen-bond donors (Lipinski definition) is 1. The lowest BCUT2D eigenvalue weighted by molar-refractivity contribution is -0.135. The predicted molar refractivity (Wildman–Crippen MR) is 139 cm³/mol. The molecule has 1 N–H and O–H groups in total. The van der Waals surface area contributed by atoms with Gasteiger partial charge in [0.15, 0.2) is 18.1 Å². The molecule has 0 unspecified atom stereocenters. The second kappa shape index (κ2) is 10.9. The molecule has 0 atom stereocenters. The lowest BCUT2D eigenvalue weighted by Gasteiger charge is -2.34. The molecule has 37 heavy (non-hydrogen) atoms.